The van der Waals surface area contributed by atoms with E-state index in [-0.39, 0.29) is 23.2 Å². The summed E-state index contributed by atoms with van der Waals surface area (Å²) in [5.41, 5.74) is 2.31. The average molecular weight is 574 g/mol. The molecular formula is C29H33ClFN3O4S. The Hall–Kier alpha value is -3.43. The lowest BCUT2D eigenvalue weighted by atomic mass is 10.1. The molecule has 0 aliphatic carbocycles. The van der Waals surface area contributed by atoms with Crippen molar-refractivity contribution in [2.75, 3.05) is 10.8 Å². The second-order valence-corrected chi connectivity index (χ2v) is 12.0. The zero-order valence-corrected chi connectivity index (χ0v) is 24.2. The molecule has 3 aromatic carbocycles. The van der Waals surface area contributed by atoms with Crippen molar-refractivity contribution in [3.8, 4) is 0 Å². The van der Waals surface area contributed by atoms with E-state index in [0.29, 0.717) is 16.1 Å². The highest BCUT2D eigenvalue weighted by Gasteiger charge is 2.33. The van der Waals surface area contributed by atoms with Crippen molar-refractivity contribution in [2.24, 2.45) is 0 Å². The van der Waals surface area contributed by atoms with E-state index in [1.165, 1.54) is 47.4 Å². The van der Waals surface area contributed by atoms with Gasteiger partial charge in [0.05, 0.1) is 10.6 Å². The fraction of sp³-hybridized carbons (Fsp3) is 0.310. The molecule has 3 rings (SSSR count). The highest BCUT2D eigenvalue weighted by atomic mass is 35.5. The number of hydrogen-bond acceptors (Lipinski definition) is 4. The third kappa shape index (κ3) is 7.58. The van der Waals surface area contributed by atoms with Crippen molar-refractivity contribution in [3.63, 3.8) is 0 Å². The summed E-state index contributed by atoms with van der Waals surface area (Å²) in [5, 5.41) is 3.10. The van der Waals surface area contributed by atoms with E-state index >= 15 is 0 Å². The molecule has 0 saturated heterocycles. The van der Waals surface area contributed by atoms with Gasteiger partial charge in [-0.05, 0) is 82.1 Å². The number of benzene rings is 3. The number of amides is 2. The SMILES string of the molecule is Cc1ccc(S(=O)(=O)N(CC(=O)N(Cc2ccc(F)cc2)[C@@H](C)C(=O)NC(C)C)c2cc(Cl)ccc2C)cc1. The third-order valence-corrected chi connectivity index (χ3v) is 8.20. The molecule has 0 bridgehead atoms. The van der Waals surface area contributed by atoms with Gasteiger partial charge in [-0.1, -0.05) is 47.5 Å². The number of sulfonamides is 1. The number of carbonyl (C=O) groups is 2. The van der Waals surface area contributed by atoms with Gasteiger partial charge in [-0.2, -0.15) is 0 Å². The molecule has 7 nitrogen and oxygen atoms in total. The molecule has 0 aromatic heterocycles. The molecule has 0 fully saturated rings. The molecule has 0 spiro atoms. The molecule has 0 unspecified atom stereocenters. The van der Waals surface area contributed by atoms with Crippen LogP contribution in [0.5, 0.6) is 0 Å². The fourth-order valence-corrected chi connectivity index (χ4v) is 5.61. The number of anilines is 1. The Morgan fingerprint density at radius 3 is 2.15 bits per heavy atom. The number of nitrogens with one attached hydrogen (secondary N) is 1. The Morgan fingerprint density at radius 2 is 1.56 bits per heavy atom. The van der Waals surface area contributed by atoms with Gasteiger partial charge in [0, 0.05) is 17.6 Å². The first-order chi connectivity index (χ1) is 18.3. The van der Waals surface area contributed by atoms with Crippen molar-refractivity contribution in [1.82, 2.24) is 10.2 Å². The van der Waals surface area contributed by atoms with Crippen LogP contribution in [0.25, 0.3) is 0 Å². The monoisotopic (exact) mass is 573 g/mol. The van der Waals surface area contributed by atoms with E-state index in [9.17, 15) is 22.4 Å². The molecule has 208 valence electrons. The first-order valence-electron chi connectivity index (χ1n) is 12.5. The summed E-state index contributed by atoms with van der Waals surface area (Å²) >= 11 is 6.24. The van der Waals surface area contributed by atoms with Crippen LogP contribution in [0.4, 0.5) is 10.1 Å². The number of hydrogen-bond donors (Lipinski definition) is 1. The van der Waals surface area contributed by atoms with Gasteiger partial charge in [0.25, 0.3) is 10.0 Å². The van der Waals surface area contributed by atoms with Crippen molar-refractivity contribution < 1.29 is 22.4 Å². The molecule has 0 saturated carbocycles. The summed E-state index contributed by atoms with van der Waals surface area (Å²) in [5.74, 6) is -1.44. The first kappa shape index (κ1) is 30.1. The maximum Gasteiger partial charge on any atom is 0.264 e. The van der Waals surface area contributed by atoms with Crippen molar-refractivity contribution >= 4 is 39.1 Å². The van der Waals surface area contributed by atoms with Crippen LogP contribution >= 0.6 is 11.6 Å². The maximum absolute atomic E-state index is 13.9. The van der Waals surface area contributed by atoms with Gasteiger partial charge in [-0.15, -0.1) is 0 Å². The summed E-state index contributed by atoms with van der Waals surface area (Å²) in [4.78, 5) is 28.1. The largest absolute Gasteiger partial charge is 0.352 e. The van der Waals surface area contributed by atoms with Crippen LogP contribution in [0.3, 0.4) is 0 Å². The van der Waals surface area contributed by atoms with E-state index in [2.05, 4.69) is 5.32 Å². The lowest BCUT2D eigenvalue weighted by Crippen LogP contribution is -2.52. The summed E-state index contributed by atoms with van der Waals surface area (Å²) in [6.45, 7) is 8.13. The van der Waals surface area contributed by atoms with E-state index in [1.54, 1.807) is 52.0 Å². The highest BCUT2D eigenvalue weighted by Crippen LogP contribution is 2.30. The Labute approximate surface area is 234 Å². The molecule has 0 aliphatic heterocycles. The second kappa shape index (κ2) is 12.6. The number of nitrogens with zero attached hydrogens (tertiary/aromatic N) is 2. The zero-order chi connectivity index (χ0) is 28.9. The van der Waals surface area contributed by atoms with E-state index < -0.39 is 40.2 Å². The van der Waals surface area contributed by atoms with Crippen LogP contribution in [0.1, 0.15) is 37.5 Å². The molecule has 3 aromatic rings. The summed E-state index contributed by atoms with van der Waals surface area (Å²) in [6, 6.07) is 15.6. The molecule has 2 amide bonds. The predicted octanol–water partition coefficient (Wildman–Crippen LogP) is 5.23. The van der Waals surface area contributed by atoms with Gasteiger partial charge in [0.15, 0.2) is 0 Å². The van der Waals surface area contributed by atoms with Crippen LogP contribution in [0.15, 0.2) is 71.6 Å². The van der Waals surface area contributed by atoms with Crippen LogP contribution in [-0.2, 0) is 26.2 Å². The van der Waals surface area contributed by atoms with Crippen LogP contribution < -0.4 is 9.62 Å². The Kier molecular flexibility index (Phi) is 9.74. The smallest absolute Gasteiger partial charge is 0.264 e. The second-order valence-electron chi connectivity index (χ2n) is 9.74. The Morgan fingerprint density at radius 1 is 0.949 bits per heavy atom. The number of carbonyl (C=O) groups excluding carboxylic acids is 2. The predicted molar refractivity (Wildman–Crippen MR) is 152 cm³/mol. The van der Waals surface area contributed by atoms with E-state index in [0.717, 1.165) is 9.87 Å². The summed E-state index contributed by atoms with van der Waals surface area (Å²) < 4.78 is 42.4. The number of aryl methyl sites for hydroxylation is 2. The van der Waals surface area contributed by atoms with Gasteiger partial charge in [0.1, 0.15) is 18.4 Å². The Balaban J connectivity index is 2.07. The van der Waals surface area contributed by atoms with Crippen molar-refractivity contribution in [3.05, 3.63) is 94.3 Å². The summed E-state index contributed by atoms with van der Waals surface area (Å²) in [7, 11) is -4.21. The van der Waals surface area contributed by atoms with E-state index in [1.807, 2.05) is 6.92 Å². The summed E-state index contributed by atoms with van der Waals surface area (Å²) in [6.07, 6.45) is 0. The van der Waals surface area contributed by atoms with Gasteiger partial charge < -0.3 is 10.2 Å². The van der Waals surface area contributed by atoms with Crippen molar-refractivity contribution in [1.29, 1.82) is 0 Å². The topological polar surface area (TPSA) is 86.8 Å². The molecular weight excluding hydrogens is 541 g/mol. The molecule has 0 radical (unpaired) electrons. The zero-order valence-electron chi connectivity index (χ0n) is 22.6. The van der Waals surface area contributed by atoms with Crippen molar-refractivity contribution in [2.45, 2.75) is 58.1 Å². The normalized spacial score (nSPS) is 12.2. The standard InChI is InChI=1S/C29H33ClFN3O4S/c1-19(2)32-29(36)22(5)33(17-23-9-12-25(31)13-10-23)28(35)18-34(27-16-24(30)11-8-21(27)4)39(37,38)26-14-6-20(3)7-15-26/h6-16,19,22H,17-18H2,1-5H3,(H,32,36)/t22-/m0/s1. The minimum Gasteiger partial charge on any atom is -0.352 e. The van der Waals surface area contributed by atoms with Crippen LogP contribution in [0, 0.1) is 19.7 Å². The van der Waals surface area contributed by atoms with Gasteiger partial charge in [0.2, 0.25) is 11.8 Å². The minimum atomic E-state index is -4.21. The van der Waals surface area contributed by atoms with Gasteiger partial charge in [-0.3, -0.25) is 13.9 Å². The molecule has 1 N–H and O–H groups in total. The van der Waals surface area contributed by atoms with E-state index in [4.69, 9.17) is 11.6 Å². The third-order valence-electron chi connectivity index (χ3n) is 6.19. The van der Waals surface area contributed by atoms with Crippen LogP contribution in [0.2, 0.25) is 5.02 Å². The van der Waals surface area contributed by atoms with Gasteiger partial charge in [-0.25, -0.2) is 12.8 Å². The molecule has 0 aliphatic rings. The Bertz CT molecular complexity index is 1430. The highest BCUT2D eigenvalue weighted by molar-refractivity contribution is 7.92. The molecule has 0 heterocycles. The lowest BCUT2D eigenvalue weighted by Gasteiger charge is -2.32. The molecule has 39 heavy (non-hydrogen) atoms. The molecule has 10 heteroatoms. The first-order valence-corrected chi connectivity index (χ1v) is 14.3. The minimum absolute atomic E-state index is 0.0101. The fourth-order valence-electron chi connectivity index (χ4n) is 3.98. The lowest BCUT2D eigenvalue weighted by molar-refractivity contribution is -0.139. The number of halogens is 2. The quantitative estimate of drug-likeness (QED) is 0.360. The maximum atomic E-state index is 13.9. The van der Waals surface area contributed by atoms with Crippen LogP contribution in [-0.4, -0.2) is 43.8 Å². The number of rotatable bonds is 10. The molecule has 1 atom stereocenters. The average Bonchev–Trinajstić information content (AvgIpc) is 2.87. The van der Waals surface area contributed by atoms with Gasteiger partial charge >= 0.3 is 0 Å².